The summed E-state index contributed by atoms with van der Waals surface area (Å²) in [5, 5.41) is 4.82. The SMILES string of the molecule is CC(Nc1cc(Br)ccc1C(F)(F)F)c1cccs1. The van der Waals surface area contributed by atoms with E-state index in [1.807, 2.05) is 24.4 Å². The first-order chi connectivity index (χ1) is 8.88. The average molecular weight is 350 g/mol. The number of rotatable bonds is 3. The molecule has 102 valence electrons. The zero-order valence-electron chi connectivity index (χ0n) is 9.96. The molecule has 1 aromatic heterocycles. The fourth-order valence-corrected chi connectivity index (χ4v) is 2.82. The zero-order valence-corrected chi connectivity index (χ0v) is 12.4. The molecule has 0 fully saturated rings. The van der Waals surface area contributed by atoms with Crippen molar-refractivity contribution in [3.05, 3.63) is 50.6 Å². The topological polar surface area (TPSA) is 12.0 Å². The van der Waals surface area contributed by atoms with E-state index in [1.165, 1.54) is 23.5 Å². The molecule has 1 heterocycles. The summed E-state index contributed by atoms with van der Waals surface area (Å²) in [4.78, 5) is 0.994. The lowest BCUT2D eigenvalue weighted by atomic mass is 10.1. The van der Waals surface area contributed by atoms with Crippen LogP contribution in [-0.2, 0) is 6.18 Å². The molecular formula is C13H11BrF3NS. The first kappa shape index (κ1) is 14.4. The highest BCUT2D eigenvalue weighted by Gasteiger charge is 2.33. The predicted molar refractivity (Wildman–Crippen MR) is 75.5 cm³/mol. The van der Waals surface area contributed by atoms with Crippen molar-refractivity contribution >= 4 is 33.0 Å². The maximum absolute atomic E-state index is 12.9. The molecule has 0 aliphatic rings. The molecule has 0 bridgehead atoms. The van der Waals surface area contributed by atoms with Crippen LogP contribution < -0.4 is 5.32 Å². The van der Waals surface area contributed by atoms with Crippen LogP contribution in [-0.4, -0.2) is 0 Å². The maximum atomic E-state index is 12.9. The van der Waals surface area contributed by atoms with E-state index in [1.54, 1.807) is 0 Å². The van der Waals surface area contributed by atoms with Gasteiger partial charge >= 0.3 is 6.18 Å². The predicted octanol–water partition coefficient (Wildman–Crippen LogP) is 5.70. The first-order valence-electron chi connectivity index (χ1n) is 5.54. The molecule has 1 nitrogen and oxygen atoms in total. The largest absolute Gasteiger partial charge is 0.418 e. The summed E-state index contributed by atoms with van der Waals surface area (Å²) in [7, 11) is 0. The van der Waals surface area contributed by atoms with Gasteiger partial charge in [-0.15, -0.1) is 11.3 Å². The number of nitrogens with one attached hydrogen (secondary N) is 1. The molecule has 1 N–H and O–H groups in total. The van der Waals surface area contributed by atoms with E-state index in [9.17, 15) is 13.2 Å². The van der Waals surface area contributed by atoms with Gasteiger partial charge in [0.15, 0.2) is 0 Å². The highest BCUT2D eigenvalue weighted by Crippen LogP contribution is 2.37. The quantitative estimate of drug-likeness (QED) is 0.748. The number of thiophene rings is 1. The van der Waals surface area contributed by atoms with Crippen LogP contribution in [0.4, 0.5) is 18.9 Å². The number of benzene rings is 1. The second-order valence-electron chi connectivity index (χ2n) is 4.07. The minimum Gasteiger partial charge on any atom is -0.377 e. The summed E-state index contributed by atoms with van der Waals surface area (Å²) in [6.45, 7) is 1.84. The zero-order chi connectivity index (χ0) is 14.0. The standard InChI is InChI=1S/C13H11BrF3NS/c1-8(12-3-2-6-19-12)18-11-7-9(14)4-5-10(11)13(15,16)17/h2-8,18H,1H3. The van der Waals surface area contributed by atoms with Crippen molar-refractivity contribution in [1.29, 1.82) is 0 Å². The summed E-state index contributed by atoms with van der Waals surface area (Å²) >= 11 is 4.71. The first-order valence-corrected chi connectivity index (χ1v) is 7.22. The lowest BCUT2D eigenvalue weighted by Gasteiger charge is -2.19. The lowest BCUT2D eigenvalue weighted by Crippen LogP contribution is -2.13. The Kier molecular flexibility index (Phi) is 4.20. The van der Waals surface area contributed by atoms with Crippen LogP contribution in [0.2, 0.25) is 0 Å². The Morgan fingerprint density at radius 2 is 2.00 bits per heavy atom. The molecule has 2 aromatic rings. The molecule has 1 unspecified atom stereocenters. The summed E-state index contributed by atoms with van der Waals surface area (Å²) in [6, 6.07) is 7.53. The normalized spacial score (nSPS) is 13.3. The number of hydrogen-bond acceptors (Lipinski definition) is 2. The van der Waals surface area contributed by atoms with Gasteiger partial charge in [-0.05, 0) is 36.6 Å². The van der Waals surface area contributed by atoms with Crippen LogP contribution in [0.3, 0.4) is 0 Å². The van der Waals surface area contributed by atoms with E-state index in [-0.39, 0.29) is 11.7 Å². The van der Waals surface area contributed by atoms with Gasteiger partial charge < -0.3 is 5.32 Å². The Labute approximate surface area is 121 Å². The average Bonchev–Trinajstić information content (AvgIpc) is 2.80. The fourth-order valence-electron chi connectivity index (χ4n) is 1.73. The molecule has 1 atom stereocenters. The van der Waals surface area contributed by atoms with Gasteiger partial charge in [0.1, 0.15) is 0 Å². The Morgan fingerprint density at radius 3 is 2.58 bits per heavy atom. The molecule has 0 amide bonds. The summed E-state index contributed by atoms with van der Waals surface area (Å²) < 4.78 is 39.4. The summed E-state index contributed by atoms with van der Waals surface area (Å²) in [5.74, 6) is 0. The van der Waals surface area contributed by atoms with Crippen molar-refractivity contribution in [1.82, 2.24) is 0 Å². The van der Waals surface area contributed by atoms with Crippen molar-refractivity contribution in [2.75, 3.05) is 5.32 Å². The van der Waals surface area contributed by atoms with Gasteiger partial charge in [0, 0.05) is 15.0 Å². The van der Waals surface area contributed by atoms with E-state index in [0.717, 1.165) is 10.9 Å². The van der Waals surface area contributed by atoms with Gasteiger partial charge in [0.05, 0.1) is 11.6 Å². The smallest absolute Gasteiger partial charge is 0.377 e. The maximum Gasteiger partial charge on any atom is 0.418 e. The fraction of sp³-hybridized carbons (Fsp3) is 0.231. The number of halogens is 4. The van der Waals surface area contributed by atoms with Crippen LogP contribution in [0.5, 0.6) is 0 Å². The van der Waals surface area contributed by atoms with Gasteiger partial charge in [-0.1, -0.05) is 22.0 Å². The van der Waals surface area contributed by atoms with E-state index >= 15 is 0 Å². The number of alkyl halides is 3. The molecule has 0 spiro atoms. The Morgan fingerprint density at radius 1 is 1.26 bits per heavy atom. The molecule has 0 radical (unpaired) electrons. The number of anilines is 1. The molecule has 0 saturated carbocycles. The van der Waals surface area contributed by atoms with E-state index in [4.69, 9.17) is 0 Å². The van der Waals surface area contributed by atoms with Crippen LogP contribution in [0.1, 0.15) is 23.4 Å². The van der Waals surface area contributed by atoms with E-state index < -0.39 is 11.7 Å². The highest BCUT2D eigenvalue weighted by atomic mass is 79.9. The van der Waals surface area contributed by atoms with E-state index in [2.05, 4.69) is 21.2 Å². The monoisotopic (exact) mass is 349 g/mol. The summed E-state index contributed by atoms with van der Waals surface area (Å²) in [6.07, 6.45) is -4.36. The van der Waals surface area contributed by atoms with Crippen molar-refractivity contribution in [2.45, 2.75) is 19.1 Å². The molecule has 0 aliphatic carbocycles. The minimum absolute atomic E-state index is 0.0859. The van der Waals surface area contributed by atoms with Gasteiger partial charge in [-0.2, -0.15) is 13.2 Å². The molecule has 0 saturated heterocycles. The lowest BCUT2D eigenvalue weighted by molar-refractivity contribution is -0.137. The van der Waals surface area contributed by atoms with Gasteiger partial charge in [0.25, 0.3) is 0 Å². The number of hydrogen-bond donors (Lipinski definition) is 1. The molecule has 19 heavy (non-hydrogen) atoms. The molecule has 6 heteroatoms. The van der Waals surface area contributed by atoms with Crippen LogP contribution >= 0.6 is 27.3 Å². The van der Waals surface area contributed by atoms with Crippen molar-refractivity contribution in [3.63, 3.8) is 0 Å². The van der Waals surface area contributed by atoms with Crippen molar-refractivity contribution in [3.8, 4) is 0 Å². The van der Waals surface area contributed by atoms with Crippen LogP contribution in [0.25, 0.3) is 0 Å². The Hall–Kier alpha value is -1.01. The van der Waals surface area contributed by atoms with Gasteiger partial charge in [0.2, 0.25) is 0 Å². The second-order valence-corrected chi connectivity index (χ2v) is 5.96. The molecule has 1 aromatic carbocycles. The third kappa shape index (κ3) is 3.51. The molecular weight excluding hydrogens is 339 g/mol. The van der Waals surface area contributed by atoms with Gasteiger partial charge in [-0.3, -0.25) is 0 Å². The summed E-state index contributed by atoms with van der Waals surface area (Å²) in [5.41, 5.74) is -0.568. The van der Waals surface area contributed by atoms with Crippen LogP contribution in [0.15, 0.2) is 40.2 Å². The van der Waals surface area contributed by atoms with Crippen LogP contribution in [0, 0.1) is 0 Å². The third-order valence-electron chi connectivity index (χ3n) is 2.63. The highest BCUT2D eigenvalue weighted by molar-refractivity contribution is 9.10. The van der Waals surface area contributed by atoms with E-state index in [0.29, 0.717) is 4.47 Å². The molecule has 2 rings (SSSR count). The van der Waals surface area contributed by atoms with Crippen molar-refractivity contribution in [2.24, 2.45) is 0 Å². The Balaban J connectivity index is 2.31. The Bertz CT molecular complexity index is 552. The third-order valence-corrected chi connectivity index (χ3v) is 4.18. The second kappa shape index (κ2) is 5.54. The van der Waals surface area contributed by atoms with Gasteiger partial charge in [-0.25, -0.2) is 0 Å². The van der Waals surface area contributed by atoms with Crippen molar-refractivity contribution < 1.29 is 13.2 Å². The minimum atomic E-state index is -4.36. The molecule has 0 aliphatic heterocycles.